The third kappa shape index (κ3) is 4.12. The molecule has 0 atom stereocenters. The Morgan fingerprint density at radius 3 is 2.46 bits per heavy atom. The van der Waals surface area contributed by atoms with Gasteiger partial charge in [-0.25, -0.2) is 18.7 Å². The number of carbonyl (C=O) groups excluding carboxylic acids is 1. The number of aromatic nitrogens is 2. The Labute approximate surface area is 153 Å². The number of halogens is 3. The van der Waals surface area contributed by atoms with Gasteiger partial charge in [-0.3, -0.25) is 4.79 Å². The third-order valence-electron chi connectivity index (χ3n) is 3.52. The van der Waals surface area contributed by atoms with E-state index in [1.165, 1.54) is 18.5 Å². The van der Waals surface area contributed by atoms with Gasteiger partial charge in [-0.1, -0.05) is 11.6 Å². The number of nitrogens with one attached hydrogen (secondary N) is 2. The highest BCUT2D eigenvalue weighted by Gasteiger charge is 2.11. The zero-order valence-electron chi connectivity index (χ0n) is 13.6. The van der Waals surface area contributed by atoms with Gasteiger partial charge in [-0.2, -0.15) is 0 Å². The number of rotatable bonds is 4. The Morgan fingerprint density at radius 2 is 1.81 bits per heavy atom. The van der Waals surface area contributed by atoms with Gasteiger partial charge in [0.05, 0.1) is 18.1 Å². The van der Waals surface area contributed by atoms with Crippen molar-refractivity contribution in [3.05, 3.63) is 76.7 Å². The van der Waals surface area contributed by atoms with E-state index in [-0.39, 0.29) is 17.2 Å². The van der Waals surface area contributed by atoms with Gasteiger partial charge in [0.25, 0.3) is 5.91 Å². The molecule has 1 aromatic heterocycles. The number of hydrogen-bond acceptors (Lipinski definition) is 4. The molecule has 3 aromatic rings. The van der Waals surface area contributed by atoms with Crippen LogP contribution in [0, 0.1) is 18.6 Å². The highest BCUT2D eigenvalue weighted by molar-refractivity contribution is 6.30. The van der Waals surface area contributed by atoms with E-state index in [0.717, 1.165) is 17.7 Å². The number of hydrogen-bond donors (Lipinski definition) is 2. The molecule has 1 heterocycles. The maximum Gasteiger partial charge on any atom is 0.275 e. The molecule has 2 N–H and O–H groups in total. The van der Waals surface area contributed by atoms with Crippen molar-refractivity contribution in [2.45, 2.75) is 6.92 Å². The van der Waals surface area contributed by atoms with E-state index in [4.69, 9.17) is 11.6 Å². The molecule has 0 spiro atoms. The zero-order chi connectivity index (χ0) is 18.7. The second-order valence-electron chi connectivity index (χ2n) is 5.45. The van der Waals surface area contributed by atoms with Crippen LogP contribution < -0.4 is 10.6 Å². The van der Waals surface area contributed by atoms with Crippen LogP contribution >= 0.6 is 11.6 Å². The smallest absolute Gasteiger partial charge is 0.275 e. The molecule has 0 saturated heterocycles. The number of nitrogens with zero attached hydrogens (tertiary/aromatic N) is 2. The van der Waals surface area contributed by atoms with Crippen LogP contribution in [0.1, 0.15) is 16.1 Å². The fourth-order valence-corrected chi connectivity index (χ4v) is 2.42. The van der Waals surface area contributed by atoms with Crippen molar-refractivity contribution >= 4 is 34.7 Å². The van der Waals surface area contributed by atoms with Gasteiger partial charge in [0, 0.05) is 16.8 Å². The summed E-state index contributed by atoms with van der Waals surface area (Å²) in [5, 5.41) is 5.96. The maximum absolute atomic E-state index is 13.6. The summed E-state index contributed by atoms with van der Waals surface area (Å²) in [7, 11) is 0. The van der Waals surface area contributed by atoms with Gasteiger partial charge in [0.2, 0.25) is 0 Å². The van der Waals surface area contributed by atoms with E-state index in [9.17, 15) is 13.6 Å². The maximum atomic E-state index is 13.6. The van der Waals surface area contributed by atoms with Crippen molar-refractivity contribution in [2.24, 2.45) is 0 Å². The molecule has 132 valence electrons. The van der Waals surface area contributed by atoms with Crippen molar-refractivity contribution in [1.82, 2.24) is 9.97 Å². The summed E-state index contributed by atoms with van der Waals surface area (Å²) >= 11 is 5.88. The normalized spacial score (nSPS) is 10.5. The molecule has 0 aliphatic rings. The first kappa shape index (κ1) is 17.8. The van der Waals surface area contributed by atoms with Gasteiger partial charge in [-0.05, 0) is 42.8 Å². The average molecular weight is 375 g/mol. The van der Waals surface area contributed by atoms with Crippen molar-refractivity contribution < 1.29 is 13.6 Å². The van der Waals surface area contributed by atoms with Crippen molar-refractivity contribution in [2.75, 3.05) is 10.6 Å². The van der Waals surface area contributed by atoms with Gasteiger partial charge >= 0.3 is 0 Å². The lowest BCUT2D eigenvalue weighted by Crippen LogP contribution is -2.15. The molecule has 0 radical (unpaired) electrons. The summed E-state index contributed by atoms with van der Waals surface area (Å²) < 4.78 is 26.5. The van der Waals surface area contributed by atoms with E-state index in [1.807, 2.05) is 6.92 Å². The summed E-state index contributed by atoms with van der Waals surface area (Å²) in [6, 6.07) is 8.21. The van der Waals surface area contributed by atoms with Crippen LogP contribution in [0.3, 0.4) is 0 Å². The highest BCUT2D eigenvalue weighted by atomic mass is 35.5. The summed E-state index contributed by atoms with van der Waals surface area (Å²) in [6.07, 6.45) is 2.54. The van der Waals surface area contributed by atoms with Gasteiger partial charge in [-0.15, -0.1) is 0 Å². The fraction of sp³-hybridized carbons (Fsp3) is 0.0556. The van der Waals surface area contributed by atoms with Crippen LogP contribution in [-0.2, 0) is 0 Å². The Morgan fingerprint density at radius 1 is 1.04 bits per heavy atom. The Kier molecular flexibility index (Phi) is 5.09. The standard InChI is InChI=1S/C18H13ClF2N4O/c1-10-6-11(19)2-4-14(10)25-18(26)16-8-23-17(9-22-16)24-15-5-3-12(20)7-13(15)21/h2-9H,1H3,(H,23,24)(H,25,26). The van der Waals surface area contributed by atoms with Crippen molar-refractivity contribution in [3.8, 4) is 0 Å². The number of amides is 1. The molecule has 5 nitrogen and oxygen atoms in total. The number of aryl methyl sites for hydroxylation is 1. The largest absolute Gasteiger partial charge is 0.337 e. The molecule has 0 aliphatic heterocycles. The summed E-state index contributed by atoms with van der Waals surface area (Å²) in [6.45, 7) is 1.82. The lowest BCUT2D eigenvalue weighted by Gasteiger charge is -2.09. The number of benzene rings is 2. The van der Waals surface area contributed by atoms with Crippen LogP contribution in [0.5, 0.6) is 0 Å². The second kappa shape index (κ2) is 7.45. The van der Waals surface area contributed by atoms with Gasteiger partial charge < -0.3 is 10.6 Å². The lowest BCUT2D eigenvalue weighted by atomic mass is 10.2. The predicted octanol–water partition coefficient (Wildman–Crippen LogP) is 4.71. The first-order chi connectivity index (χ1) is 12.4. The third-order valence-corrected chi connectivity index (χ3v) is 3.75. The minimum absolute atomic E-state index is 0.0506. The minimum atomic E-state index is -0.758. The highest BCUT2D eigenvalue weighted by Crippen LogP contribution is 2.21. The lowest BCUT2D eigenvalue weighted by molar-refractivity contribution is 0.102. The molecule has 3 rings (SSSR count). The molecular weight excluding hydrogens is 362 g/mol. The molecule has 0 unspecified atom stereocenters. The predicted molar refractivity (Wildman–Crippen MR) is 95.8 cm³/mol. The quantitative estimate of drug-likeness (QED) is 0.694. The number of carbonyl (C=O) groups is 1. The second-order valence-corrected chi connectivity index (χ2v) is 5.89. The molecule has 1 amide bonds. The van der Waals surface area contributed by atoms with Crippen molar-refractivity contribution in [3.63, 3.8) is 0 Å². The van der Waals surface area contributed by atoms with E-state index >= 15 is 0 Å². The first-order valence-corrected chi connectivity index (χ1v) is 7.92. The van der Waals surface area contributed by atoms with Crippen molar-refractivity contribution in [1.29, 1.82) is 0 Å². The van der Waals surface area contributed by atoms with E-state index in [2.05, 4.69) is 20.6 Å². The van der Waals surface area contributed by atoms with Gasteiger partial charge in [0.15, 0.2) is 0 Å². The summed E-state index contributed by atoms with van der Waals surface area (Å²) in [5.74, 6) is -1.66. The van der Waals surface area contributed by atoms with Crippen LogP contribution in [0.25, 0.3) is 0 Å². The van der Waals surface area contributed by atoms with Crippen LogP contribution in [0.15, 0.2) is 48.8 Å². The zero-order valence-corrected chi connectivity index (χ0v) is 14.3. The summed E-state index contributed by atoms with van der Waals surface area (Å²) in [4.78, 5) is 20.3. The molecule has 0 saturated carbocycles. The fourth-order valence-electron chi connectivity index (χ4n) is 2.19. The van der Waals surface area contributed by atoms with Crippen LogP contribution in [-0.4, -0.2) is 15.9 Å². The molecule has 8 heteroatoms. The first-order valence-electron chi connectivity index (χ1n) is 7.54. The topological polar surface area (TPSA) is 66.9 Å². The Hall–Kier alpha value is -3.06. The Balaban J connectivity index is 1.71. The monoisotopic (exact) mass is 374 g/mol. The Bertz CT molecular complexity index is 964. The average Bonchev–Trinajstić information content (AvgIpc) is 2.60. The number of anilines is 3. The SMILES string of the molecule is Cc1cc(Cl)ccc1NC(=O)c1cnc(Nc2ccc(F)cc2F)cn1. The van der Waals surface area contributed by atoms with Crippen LogP contribution in [0.2, 0.25) is 5.02 Å². The molecular formula is C18H13ClF2N4O. The van der Waals surface area contributed by atoms with E-state index in [1.54, 1.807) is 18.2 Å². The molecule has 0 bridgehead atoms. The molecule has 2 aromatic carbocycles. The van der Waals surface area contributed by atoms with E-state index in [0.29, 0.717) is 10.7 Å². The van der Waals surface area contributed by atoms with E-state index < -0.39 is 17.5 Å². The van der Waals surface area contributed by atoms with Crippen LogP contribution in [0.4, 0.5) is 26.0 Å². The molecule has 26 heavy (non-hydrogen) atoms. The molecule has 0 fully saturated rings. The summed E-state index contributed by atoms with van der Waals surface area (Å²) in [5.41, 5.74) is 1.56. The molecule has 0 aliphatic carbocycles. The van der Waals surface area contributed by atoms with Gasteiger partial charge in [0.1, 0.15) is 23.1 Å². The minimum Gasteiger partial charge on any atom is -0.337 e.